The highest BCUT2D eigenvalue weighted by Crippen LogP contribution is 2.28. The molecule has 1 fully saturated rings. The first-order valence-electron chi connectivity index (χ1n) is 5.41. The van der Waals surface area contributed by atoms with Crippen LogP contribution in [0.3, 0.4) is 0 Å². The van der Waals surface area contributed by atoms with E-state index in [0.717, 1.165) is 6.42 Å². The number of amides is 1. The Morgan fingerprint density at radius 3 is 2.33 bits per heavy atom. The third-order valence-corrected chi connectivity index (χ3v) is 2.88. The van der Waals surface area contributed by atoms with Crippen LogP contribution in [0.15, 0.2) is 0 Å². The second-order valence-electron chi connectivity index (χ2n) is 5.68. The lowest BCUT2D eigenvalue weighted by molar-refractivity contribution is 0.0120. The maximum atomic E-state index is 11.9. The number of hydrogen-bond acceptors (Lipinski definition) is 3. The van der Waals surface area contributed by atoms with E-state index in [9.17, 15) is 4.79 Å². The van der Waals surface area contributed by atoms with Gasteiger partial charge in [-0.2, -0.15) is 0 Å². The number of carbonyl (C=O) groups is 1. The number of nitrogens with zero attached hydrogens (tertiary/aromatic N) is 1. The summed E-state index contributed by atoms with van der Waals surface area (Å²) in [5, 5.41) is 0. The SMILES string of the molecule is CC(C)(C)OC(=O)N1CC[C@H](N)C1(C)C. The van der Waals surface area contributed by atoms with Gasteiger partial charge in [-0.3, -0.25) is 0 Å². The summed E-state index contributed by atoms with van der Waals surface area (Å²) in [6.07, 6.45) is 0.576. The molecule has 88 valence electrons. The van der Waals surface area contributed by atoms with Crippen LogP contribution >= 0.6 is 0 Å². The average molecular weight is 214 g/mol. The van der Waals surface area contributed by atoms with Crippen LogP contribution in [-0.2, 0) is 4.74 Å². The summed E-state index contributed by atoms with van der Waals surface area (Å²) in [6.45, 7) is 10.3. The molecule has 1 saturated heterocycles. The molecule has 0 saturated carbocycles. The molecule has 0 aromatic heterocycles. The number of carbonyl (C=O) groups excluding carboxylic acids is 1. The Hall–Kier alpha value is -0.770. The van der Waals surface area contributed by atoms with Gasteiger partial charge in [0.05, 0.1) is 5.54 Å². The first-order valence-corrected chi connectivity index (χ1v) is 5.41. The number of rotatable bonds is 0. The molecule has 4 nitrogen and oxygen atoms in total. The summed E-state index contributed by atoms with van der Waals surface area (Å²) in [4.78, 5) is 13.6. The number of likely N-dealkylation sites (tertiary alicyclic amines) is 1. The van der Waals surface area contributed by atoms with Gasteiger partial charge in [0.1, 0.15) is 5.60 Å². The lowest BCUT2D eigenvalue weighted by Crippen LogP contribution is -2.52. The highest BCUT2D eigenvalue weighted by atomic mass is 16.6. The smallest absolute Gasteiger partial charge is 0.410 e. The van der Waals surface area contributed by atoms with E-state index in [1.54, 1.807) is 4.90 Å². The van der Waals surface area contributed by atoms with Crippen molar-refractivity contribution in [2.75, 3.05) is 6.54 Å². The van der Waals surface area contributed by atoms with Crippen molar-refractivity contribution in [3.05, 3.63) is 0 Å². The van der Waals surface area contributed by atoms with Crippen molar-refractivity contribution in [3.63, 3.8) is 0 Å². The molecule has 0 aliphatic carbocycles. The lowest BCUT2D eigenvalue weighted by atomic mass is 9.97. The van der Waals surface area contributed by atoms with Gasteiger partial charge in [0.15, 0.2) is 0 Å². The molecular formula is C11H22N2O2. The standard InChI is InChI=1S/C11H22N2O2/c1-10(2,3)15-9(14)13-7-6-8(12)11(13,4)5/h8H,6-7,12H2,1-5H3/t8-/m0/s1. The van der Waals surface area contributed by atoms with Gasteiger partial charge in [-0.15, -0.1) is 0 Å². The maximum Gasteiger partial charge on any atom is 0.410 e. The zero-order valence-corrected chi connectivity index (χ0v) is 10.3. The first-order chi connectivity index (χ1) is 6.64. The second kappa shape index (κ2) is 3.67. The largest absolute Gasteiger partial charge is 0.444 e. The molecule has 1 aliphatic heterocycles. The fourth-order valence-electron chi connectivity index (χ4n) is 1.75. The molecule has 1 aliphatic rings. The van der Waals surface area contributed by atoms with Gasteiger partial charge >= 0.3 is 6.09 Å². The van der Waals surface area contributed by atoms with E-state index >= 15 is 0 Å². The molecule has 0 bridgehead atoms. The normalized spacial score (nSPS) is 25.5. The van der Waals surface area contributed by atoms with E-state index in [0.29, 0.717) is 6.54 Å². The monoisotopic (exact) mass is 214 g/mol. The molecular weight excluding hydrogens is 192 g/mol. The summed E-state index contributed by atoms with van der Waals surface area (Å²) < 4.78 is 5.34. The van der Waals surface area contributed by atoms with E-state index in [-0.39, 0.29) is 17.7 Å². The molecule has 0 aromatic rings. The molecule has 4 heteroatoms. The summed E-state index contributed by atoms with van der Waals surface area (Å²) in [6, 6.07) is 0.0324. The molecule has 1 amide bonds. The van der Waals surface area contributed by atoms with E-state index in [1.807, 2.05) is 34.6 Å². The van der Waals surface area contributed by atoms with Crippen LogP contribution in [0, 0.1) is 0 Å². The van der Waals surface area contributed by atoms with E-state index < -0.39 is 5.60 Å². The maximum absolute atomic E-state index is 11.9. The van der Waals surface area contributed by atoms with Crippen LogP contribution in [0.2, 0.25) is 0 Å². The van der Waals surface area contributed by atoms with Crippen LogP contribution < -0.4 is 5.73 Å². The van der Waals surface area contributed by atoms with Crippen LogP contribution in [0.25, 0.3) is 0 Å². The van der Waals surface area contributed by atoms with Crippen molar-refractivity contribution < 1.29 is 9.53 Å². The topological polar surface area (TPSA) is 55.6 Å². The van der Waals surface area contributed by atoms with Crippen molar-refractivity contribution in [1.29, 1.82) is 0 Å². The minimum absolute atomic E-state index is 0.0324. The van der Waals surface area contributed by atoms with Gasteiger partial charge in [0.25, 0.3) is 0 Å². The van der Waals surface area contributed by atoms with Crippen molar-refractivity contribution in [2.24, 2.45) is 5.73 Å². The summed E-state index contributed by atoms with van der Waals surface area (Å²) in [5.74, 6) is 0. The fraction of sp³-hybridized carbons (Fsp3) is 0.909. The molecule has 1 atom stereocenters. The predicted molar refractivity (Wildman–Crippen MR) is 59.6 cm³/mol. The first kappa shape index (κ1) is 12.3. The van der Waals surface area contributed by atoms with Gasteiger partial charge in [-0.25, -0.2) is 4.79 Å². The highest BCUT2D eigenvalue weighted by molar-refractivity contribution is 5.69. The lowest BCUT2D eigenvalue weighted by Gasteiger charge is -2.35. The average Bonchev–Trinajstić information content (AvgIpc) is 2.23. The second-order valence-corrected chi connectivity index (χ2v) is 5.68. The van der Waals surface area contributed by atoms with Gasteiger partial charge in [0, 0.05) is 12.6 Å². The van der Waals surface area contributed by atoms with Crippen LogP contribution in [-0.4, -0.2) is 34.7 Å². The zero-order valence-electron chi connectivity index (χ0n) is 10.3. The van der Waals surface area contributed by atoms with Crippen LogP contribution in [0.4, 0.5) is 4.79 Å². The van der Waals surface area contributed by atoms with E-state index in [2.05, 4.69) is 0 Å². The zero-order chi connectivity index (χ0) is 11.9. The Balaban J connectivity index is 2.70. The third-order valence-electron chi connectivity index (χ3n) is 2.88. The number of nitrogens with two attached hydrogens (primary N) is 1. The summed E-state index contributed by atoms with van der Waals surface area (Å²) in [7, 11) is 0. The van der Waals surface area contributed by atoms with E-state index in [4.69, 9.17) is 10.5 Å². The van der Waals surface area contributed by atoms with Gasteiger partial charge in [-0.1, -0.05) is 0 Å². The summed E-state index contributed by atoms with van der Waals surface area (Å²) in [5.41, 5.74) is 5.21. The Kier molecular flexibility index (Phi) is 3.01. The molecule has 1 heterocycles. The Labute approximate surface area is 91.8 Å². The van der Waals surface area contributed by atoms with Crippen LogP contribution in [0.5, 0.6) is 0 Å². The highest BCUT2D eigenvalue weighted by Gasteiger charge is 2.43. The Morgan fingerprint density at radius 1 is 1.47 bits per heavy atom. The van der Waals surface area contributed by atoms with E-state index in [1.165, 1.54) is 0 Å². The molecule has 1 rings (SSSR count). The Morgan fingerprint density at radius 2 is 2.00 bits per heavy atom. The van der Waals surface area contributed by atoms with Crippen molar-refractivity contribution in [2.45, 2.75) is 58.2 Å². The molecule has 15 heavy (non-hydrogen) atoms. The van der Waals surface area contributed by atoms with Crippen molar-refractivity contribution in [3.8, 4) is 0 Å². The third kappa shape index (κ3) is 2.62. The molecule has 2 N–H and O–H groups in total. The van der Waals surface area contributed by atoms with Gasteiger partial charge < -0.3 is 15.4 Å². The molecule has 0 spiro atoms. The summed E-state index contributed by atoms with van der Waals surface area (Å²) >= 11 is 0. The number of ether oxygens (including phenoxy) is 1. The fourth-order valence-corrected chi connectivity index (χ4v) is 1.75. The quantitative estimate of drug-likeness (QED) is 0.668. The minimum Gasteiger partial charge on any atom is -0.444 e. The minimum atomic E-state index is -0.445. The van der Waals surface area contributed by atoms with Crippen molar-refractivity contribution >= 4 is 6.09 Å². The van der Waals surface area contributed by atoms with Crippen LogP contribution in [0.1, 0.15) is 41.0 Å². The molecule has 0 aromatic carbocycles. The Bertz CT molecular complexity index is 256. The van der Waals surface area contributed by atoms with Crippen molar-refractivity contribution in [1.82, 2.24) is 4.90 Å². The van der Waals surface area contributed by atoms with Gasteiger partial charge in [-0.05, 0) is 41.0 Å². The van der Waals surface area contributed by atoms with Gasteiger partial charge in [0.2, 0.25) is 0 Å². The molecule has 0 radical (unpaired) electrons. The predicted octanol–water partition coefficient (Wildman–Crippen LogP) is 1.73. The molecule has 0 unspecified atom stereocenters. The number of hydrogen-bond donors (Lipinski definition) is 1.